The Hall–Kier alpha value is -2.04. The lowest BCUT2D eigenvalue weighted by Crippen LogP contribution is -2.32. The van der Waals surface area contributed by atoms with E-state index >= 15 is 8.78 Å². The number of aryl methyl sites for hydroxylation is 2. The zero-order valence-corrected chi connectivity index (χ0v) is 24.7. The van der Waals surface area contributed by atoms with E-state index in [4.69, 9.17) is 4.74 Å². The fourth-order valence-corrected chi connectivity index (χ4v) is 6.22. The van der Waals surface area contributed by atoms with Crippen molar-refractivity contribution in [2.45, 2.75) is 141 Å². The van der Waals surface area contributed by atoms with Gasteiger partial charge in [0.05, 0.1) is 18.1 Å². The molecule has 1 fully saturated rings. The summed E-state index contributed by atoms with van der Waals surface area (Å²) >= 11 is 0. The van der Waals surface area contributed by atoms with Crippen molar-refractivity contribution < 1.29 is 17.9 Å². The summed E-state index contributed by atoms with van der Waals surface area (Å²) in [7, 11) is 0. The SMILES string of the molecule is CCCCCCCCOc1cc2c(c(F)n1)C(F)(F)C(c1ccc(CCCCCCCCCC3CC3)cc1)CC2. The highest BCUT2D eigenvalue weighted by Crippen LogP contribution is 2.50. The van der Waals surface area contributed by atoms with E-state index in [1.165, 1.54) is 88.7 Å². The third-order valence-electron chi connectivity index (χ3n) is 8.91. The lowest BCUT2D eigenvalue weighted by molar-refractivity contribution is -0.0475. The van der Waals surface area contributed by atoms with Crippen LogP contribution in [0.15, 0.2) is 30.3 Å². The molecule has 0 radical (unpaired) electrons. The molecule has 4 rings (SSSR count). The zero-order chi connectivity index (χ0) is 28.2. The number of nitrogens with zero attached hydrogens (tertiary/aromatic N) is 1. The largest absolute Gasteiger partial charge is 0.478 e. The van der Waals surface area contributed by atoms with Crippen LogP contribution in [0, 0.1) is 11.9 Å². The Labute approximate surface area is 240 Å². The first kappa shape index (κ1) is 30.9. The molecule has 1 unspecified atom stereocenters. The molecule has 40 heavy (non-hydrogen) atoms. The van der Waals surface area contributed by atoms with E-state index in [1.54, 1.807) is 0 Å². The van der Waals surface area contributed by atoms with Crippen molar-refractivity contribution in [3.05, 3.63) is 58.5 Å². The van der Waals surface area contributed by atoms with Gasteiger partial charge in [0.15, 0.2) is 0 Å². The first-order chi connectivity index (χ1) is 19.5. The fourth-order valence-electron chi connectivity index (χ4n) is 6.22. The number of unbranched alkanes of at least 4 members (excludes halogenated alkanes) is 11. The van der Waals surface area contributed by atoms with Crippen molar-refractivity contribution >= 4 is 0 Å². The van der Waals surface area contributed by atoms with Gasteiger partial charge in [0, 0.05) is 6.07 Å². The number of benzene rings is 1. The highest BCUT2D eigenvalue weighted by molar-refractivity contribution is 5.40. The minimum absolute atomic E-state index is 0.122. The van der Waals surface area contributed by atoms with Crippen molar-refractivity contribution in [2.24, 2.45) is 5.92 Å². The molecule has 2 aliphatic rings. The third kappa shape index (κ3) is 9.24. The number of pyridine rings is 1. The molecule has 1 aromatic carbocycles. The molecule has 1 aromatic heterocycles. The van der Waals surface area contributed by atoms with E-state index < -0.39 is 23.4 Å². The normalized spacial score (nSPS) is 18.1. The molecular weight excluding hydrogens is 507 g/mol. The van der Waals surface area contributed by atoms with Crippen molar-refractivity contribution in [3.63, 3.8) is 0 Å². The molecule has 2 aromatic rings. The molecule has 2 nitrogen and oxygen atoms in total. The summed E-state index contributed by atoms with van der Waals surface area (Å²) in [5, 5.41) is 0. The number of ether oxygens (including phenoxy) is 1. The second kappa shape index (κ2) is 15.8. The first-order valence-corrected chi connectivity index (χ1v) is 16.3. The highest BCUT2D eigenvalue weighted by atomic mass is 19.3. The summed E-state index contributed by atoms with van der Waals surface area (Å²) in [5.41, 5.74) is 1.54. The summed E-state index contributed by atoms with van der Waals surface area (Å²) in [5.74, 6) is -4.26. The average Bonchev–Trinajstić information content (AvgIpc) is 3.76. The van der Waals surface area contributed by atoms with Crippen LogP contribution in [0.1, 0.15) is 144 Å². The van der Waals surface area contributed by atoms with E-state index in [0.29, 0.717) is 24.2 Å². The summed E-state index contributed by atoms with van der Waals surface area (Å²) in [6.45, 7) is 2.62. The van der Waals surface area contributed by atoms with Crippen LogP contribution in [0.3, 0.4) is 0 Å². The molecule has 2 aliphatic carbocycles. The Morgan fingerprint density at radius 3 is 2.17 bits per heavy atom. The Kier molecular flexibility index (Phi) is 12.2. The predicted octanol–water partition coefficient (Wildman–Crippen LogP) is 10.9. The topological polar surface area (TPSA) is 22.1 Å². The van der Waals surface area contributed by atoms with Gasteiger partial charge in [-0.05, 0) is 54.7 Å². The maximum atomic E-state index is 15.6. The molecule has 1 atom stereocenters. The number of rotatable bonds is 19. The van der Waals surface area contributed by atoms with Crippen LogP contribution in [0.4, 0.5) is 13.2 Å². The van der Waals surface area contributed by atoms with Crippen molar-refractivity contribution in [3.8, 4) is 5.88 Å². The van der Waals surface area contributed by atoms with Crippen molar-refractivity contribution in [1.82, 2.24) is 4.98 Å². The fraction of sp³-hybridized carbons (Fsp3) is 0.686. The van der Waals surface area contributed by atoms with E-state index in [0.717, 1.165) is 38.0 Å². The summed E-state index contributed by atoms with van der Waals surface area (Å²) < 4.78 is 51.8. The number of halogens is 3. The molecule has 222 valence electrons. The van der Waals surface area contributed by atoms with Gasteiger partial charge in [-0.1, -0.05) is 121 Å². The summed E-state index contributed by atoms with van der Waals surface area (Å²) in [4.78, 5) is 3.78. The molecule has 0 aliphatic heterocycles. The maximum Gasteiger partial charge on any atom is 0.284 e. The van der Waals surface area contributed by atoms with Crippen LogP contribution >= 0.6 is 0 Å². The number of alkyl halides is 2. The highest BCUT2D eigenvalue weighted by Gasteiger charge is 2.49. The molecule has 5 heteroatoms. The molecule has 0 N–H and O–H groups in total. The van der Waals surface area contributed by atoms with Crippen LogP contribution in [0.25, 0.3) is 0 Å². The monoisotopic (exact) mass is 557 g/mol. The average molecular weight is 558 g/mol. The van der Waals surface area contributed by atoms with E-state index in [1.807, 2.05) is 24.3 Å². The van der Waals surface area contributed by atoms with Crippen LogP contribution in [-0.4, -0.2) is 11.6 Å². The maximum absolute atomic E-state index is 15.6. The first-order valence-electron chi connectivity index (χ1n) is 16.3. The molecule has 1 heterocycles. The van der Waals surface area contributed by atoms with Crippen LogP contribution < -0.4 is 4.74 Å². The molecule has 0 bridgehead atoms. The minimum Gasteiger partial charge on any atom is -0.478 e. The lowest BCUT2D eigenvalue weighted by Gasteiger charge is -2.33. The van der Waals surface area contributed by atoms with Crippen molar-refractivity contribution in [2.75, 3.05) is 6.61 Å². The number of hydrogen-bond donors (Lipinski definition) is 0. The molecule has 1 saturated carbocycles. The Morgan fingerprint density at radius 2 is 1.48 bits per heavy atom. The van der Waals surface area contributed by atoms with Gasteiger partial charge in [0.2, 0.25) is 11.8 Å². The molecular formula is C35H50F3NO. The second-order valence-electron chi connectivity index (χ2n) is 12.3. The Balaban J connectivity index is 1.21. The van der Waals surface area contributed by atoms with E-state index in [9.17, 15) is 4.39 Å². The van der Waals surface area contributed by atoms with Gasteiger partial charge in [0.1, 0.15) is 0 Å². The third-order valence-corrected chi connectivity index (χ3v) is 8.91. The van der Waals surface area contributed by atoms with Gasteiger partial charge in [-0.25, -0.2) is 8.78 Å². The summed E-state index contributed by atoms with van der Waals surface area (Å²) in [6.07, 6.45) is 21.8. The van der Waals surface area contributed by atoms with Gasteiger partial charge in [0.25, 0.3) is 5.92 Å². The van der Waals surface area contributed by atoms with Crippen molar-refractivity contribution in [1.29, 1.82) is 0 Å². The van der Waals surface area contributed by atoms with E-state index in [2.05, 4.69) is 11.9 Å². The smallest absolute Gasteiger partial charge is 0.284 e. The van der Waals surface area contributed by atoms with Gasteiger partial charge < -0.3 is 4.74 Å². The molecule has 0 spiro atoms. The van der Waals surface area contributed by atoms with Crippen LogP contribution in [0.5, 0.6) is 5.88 Å². The number of hydrogen-bond acceptors (Lipinski definition) is 2. The van der Waals surface area contributed by atoms with Gasteiger partial charge in [-0.15, -0.1) is 0 Å². The Bertz CT molecular complexity index is 1020. The molecule has 0 amide bonds. The van der Waals surface area contributed by atoms with E-state index in [-0.39, 0.29) is 12.3 Å². The van der Waals surface area contributed by atoms with Gasteiger partial charge >= 0.3 is 0 Å². The zero-order valence-electron chi connectivity index (χ0n) is 24.7. The quantitative estimate of drug-likeness (QED) is 0.127. The molecule has 0 saturated heterocycles. The van der Waals surface area contributed by atoms with Crippen LogP contribution in [0.2, 0.25) is 0 Å². The lowest BCUT2D eigenvalue weighted by atomic mass is 9.77. The second-order valence-corrected chi connectivity index (χ2v) is 12.3. The predicted molar refractivity (Wildman–Crippen MR) is 158 cm³/mol. The number of fused-ring (bicyclic) bond motifs is 1. The van der Waals surface area contributed by atoms with Gasteiger partial charge in [-0.2, -0.15) is 9.37 Å². The minimum atomic E-state index is -3.30. The van der Waals surface area contributed by atoms with Gasteiger partial charge in [-0.3, -0.25) is 0 Å². The van der Waals surface area contributed by atoms with Crippen LogP contribution in [-0.2, 0) is 18.8 Å². The number of aromatic nitrogens is 1. The Morgan fingerprint density at radius 1 is 0.825 bits per heavy atom. The summed E-state index contributed by atoms with van der Waals surface area (Å²) in [6, 6.07) is 9.13. The standard InChI is InChI=1S/C35H50F3NO/c1-2-3-4-5-11-14-25-40-32-26-30-23-24-31(35(37,38)33(30)34(36)39-32)29-21-19-28(20-22-29)16-13-10-8-6-7-9-12-15-27-17-18-27/h19-22,26-27,31H,2-18,23-25H2,1H3.